The number of hydrogen-bond acceptors (Lipinski definition) is 3. The van der Waals surface area contributed by atoms with Gasteiger partial charge in [0.1, 0.15) is 5.75 Å². The molecule has 1 aromatic rings. The average molecular weight is 293 g/mol. The van der Waals surface area contributed by atoms with Crippen LogP contribution in [0, 0.1) is 5.92 Å². The Kier molecular flexibility index (Phi) is 6.21. The molecule has 4 nitrogen and oxygen atoms in total. The van der Waals surface area contributed by atoms with E-state index < -0.39 is 5.60 Å². The van der Waals surface area contributed by atoms with Gasteiger partial charge in [-0.3, -0.25) is 4.79 Å². The second-order valence-corrected chi connectivity index (χ2v) is 6.47. The monoisotopic (exact) mass is 293 g/mol. The van der Waals surface area contributed by atoms with Gasteiger partial charge in [0.25, 0.3) is 5.91 Å². The predicted molar refractivity (Wildman–Crippen MR) is 84.6 cm³/mol. The van der Waals surface area contributed by atoms with E-state index in [0.717, 1.165) is 5.75 Å². The Morgan fingerprint density at radius 2 is 1.81 bits per heavy atom. The van der Waals surface area contributed by atoms with Crippen LogP contribution in [0.25, 0.3) is 0 Å². The standard InChI is InChI=1S/C17H27NO3/c1-12(2)10-17(5,20)11-18-16(19)14-6-8-15(9-7-14)21-13(3)4/h6-9,12-13,20H,10-11H2,1-5H3,(H,18,19). The minimum Gasteiger partial charge on any atom is -0.491 e. The quantitative estimate of drug-likeness (QED) is 0.812. The van der Waals surface area contributed by atoms with E-state index in [9.17, 15) is 9.90 Å². The third kappa shape index (κ3) is 6.63. The minimum atomic E-state index is -0.884. The maximum Gasteiger partial charge on any atom is 0.251 e. The van der Waals surface area contributed by atoms with Crippen LogP contribution in [0.3, 0.4) is 0 Å². The summed E-state index contributed by atoms with van der Waals surface area (Å²) in [6.07, 6.45) is 0.754. The van der Waals surface area contributed by atoms with Crippen molar-refractivity contribution in [2.24, 2.45) is 5.92 Å². The van der Waals surface area contributed by atoms with Gasteiger partial charge in [0, 0.05) is 12.1 Å². The van der Waals surface area contributed by atoms with Crippen LogP contribution in [0.4, 0.5) is 0 Å². The molecule has 0 aliphatic heterocycles. The van der Waals surface area contributed by atoms with Gasteiger partial charge in [0.15, 0.2) is 0 Å². The number of nitrogens with one attached hydrogen (secondary N) is 1. The first-order valence-corrected chi connectivity index (χ1v) is 7.47. The lowest BCUT2D eigenvalue weighted by Crippen LogP contribution is -2.41. The smallest absolute Gasteiger partial charge is 0.251 e. The molecule has 1 rings (SSSR count). The molecular weight excluding hydrogens is 266 g/mol. The van der Waals surface area contributed by atoms with Crippen molar-refractivity contribution < 1.29 is 14.6 Å². The first kappa shape index (κ1) is 17.5. The summed E-state index contributed by atoms with van der Waals surface area (Å²) >= 11 is 0. The molecule has 21 heavy (non-hydrogen) atoms. The van der Waals surface area contributed by atoms with Gasteiger partial charge >= 0.3 is 0 Å². The highest BCUT2D eigenvalue weighted by atomic mass is 16.5. The van der Waals surface area contributed by atoms with Gasteiger partial charge in [-0.2, -0.15) is 0 Å². The molecule has 1 amide bonds. The Bertz CT molecular complexity index is 450. The molecule has 2 N–H and O–H groups in total. The van der Waals surface area contributed by atoms with Crippen LogP contribution in [0.2, 0.25) is 0 Å². The largest absolute Gasteiger partial charge is 0.491 e. The van der Waals surface area contributed by atoms with Crippen molar-refractivity contribution in [3.05, 3.63) is 29.8 Å². The van der Waals surface area contributed by atoms with Gasteiger partial charge in [0.05, 0.1) is 11.7 Å². The molecule has 0 spiro atoms. The molecule has 0 saturated carbocycles. The number of hydrogen-bond donors (Lipinski definition) is 2. The Hall–Kier alpha value is -1.55. The molecule has 0 fully saturated rings. The summed E-state index contributed by atoms with van der Waals surface area (Å²) in [5.74, 6) is 0.938. The van der Waals surface area contributed by atoms with Crippen molar-refractivity contribution in [1.82, 2.24) is 5.32 Å². The number of amides is 1. The predicted octanol–water partition coefficient (Wildman–Crippen LogP) is 3.00. The van der Waals surface area contributed by atoms with Crippen LogP contribution in [-0.4, -0.2) is 29.3 Å². The number of ether oxygens (including phenoxy) is 1. The Morgan fingerprint density at radius 3 is 2.29 bits per heavy atom. The van der Waals surface area contributed by atoms with E-state index in [1.807, 2.05) is 27.7 Å². The van der Waals surface area contributed by atoms with Crippen LogP contribution in [-0.2, 0) is 0 Å². The highest BCUT2D eigenvalue weighted by Gasteiger charge is 2.22. The topological polar surface area (TPSA) is 58.6 Å². The molecule has 0 aromatic heterocycles. The average Bonchev–Trinajstić information content (AvgIpc) is 2.34. The molecule has 118 valence electrons. The maximum absolute atomic E-state index is 12.0. The summed E-state index contributed by atoms with van der Waals surface area (Å²) in [7, 11) is 0. The SMILES string of the molecule is CC(C)CC(C)(O)CNC(=O)c1ccc(OC(C)C)cc1. The lowest BCUT2D eigenvalue weighted by Gasteiger charge is -2.25. The third-order valence-electron chi connectivity index (χ3n) is 2.97. The minimum absolute atomic E-state index is 0.107. The van der Waals surface area contributed by atoms with E-state index in [0.29, 0.717) is 17.9 Å². The molecule has 1 atom stereocenters. The molecule has 1 aromatic carbocycles. The number of carbonyl (C=O) groups is 1. The molecule has 0 radical (unpaired) electrons. The van der Waals surface area contributed by atoms with E-state index >= 15 is 0 Å². The van der Waals surface area contributed by atoms with E-state index in [1.165, 1.54) is 0 Å². The van der Waals surface area contributed by atoms with Crippen molar-refractivity contribution >= 4 is 5.91 Å². The van der Waals surface area contributed by atoms with E-state index in [1.54, 1.807) is 31.2 Å². The van der Waals surface area contributed by atoms with Gasteiger partial charge in [-0.05, 0) is 57.4 Å². The zero-order chi connectivity index (χ0) is 16.0. The summed E-state index contributed by atoms with van der Waals surface area (Å²) < 4.78 is 5.54. The molecule has 0 bridgehead atoms. The van der Waals surface area contributed by atoms with Crippen molar-refractivity contribution in [3.8, 4) is 5.75 Å². The molecule has 0 aliphatic rings. The fourth-order valence-electron chi connectivity index (χ4n) is 2.28. The lowest BCUT2D eigenvalue weighted by atomic mass is 9.94. The fourth-order valence-corrected chi connectivity index (χ4v) is 2.28. The van der Waals surface area contributed by atoms with Crippen molar-refractivity contribution in [3.63, 3.8) is 0 Å². The van der Waals surface area contributed by atoms with Gasteiger partial charge in [-0.1, -0.05) is 13.8 Å². The number of benzene rings is 1. The van der Waals surface area contributed by atoms with Crippen LogP contribution in [0.5, 0.6) is 5.75 Å². The zero-order valence-electron chi connectivity index (χ0n) is 13.6. The van der Waals surface area contributed by atoms with Crippen LogP contribution >= 0.6 is 0 Å². The summed E-state index contributed by atoms with van der Waals surface area (Å²) in [6, 6.07) is 7.01. The third-order valence-corrected chi connectivity index (χ3v) is 2.97. The Labute approximate surface area is 127 Å². The van der Waals surface area contributed by atoms with Crippen LogP contribution in [0.1, 0.15) is 51.4 Å². The summed E-state index contributed by atoms with van der Waals surface area (Å²) in [4.78, 5) is 12.0. The Balaban J connectivity index is 2.56. The van der Waals surface area contributed by atoms with Crippen molar-refractivity contribution in [1.29, 1.82) is 0 Å². The number of carbonyl (C=O) groups excluding carboxylic acids is 1. The van der Waals surface area contributed by atoms with E-state index in [4.69, 9.17) is 4.74 Å². The number of rotatable bonds is 7. The molecule has 0 saturated heterocycles. The first-order chi connectivity index (χ1) is 9.69. The summed E-state index contributed by atoms with van der Waals surface area (Å²) in [6.45, 7) is 9.99. The van der Waals surface area contributed by atoms with E-state index in [-0.39, 0.29) is 18.6 Å². The normalized spacial score (nSPS) is 14.1. The van der Waals surface area contributed by atoms with Gasteiger partial charge in [-0.25, -0.2) is 0 Å². The van der Waals surface area contributed by atoms with Crippen LogP contribution in [0.15, 0.2) is 24.3 Å². The summed E-state index contributed by atoms with van der Waals surface area (Å²) in [5, 5.41) is 13.0. The maximum atomic E-state index is 12.0. The Morgan fingerprint density at radius 1 is 1.24 bits per heavy atom. The second-order valence-electron chi connectivity index (χ2n) is 6.47. The highest BCUT2D eigenvalue weighted by Crippen LogP contribution is 2.16. The number of aliphatic hydroxyl groups is 1. The summed E-state index contributed by atoms with van der Waals surface area (Å²) in [5.41, 5.74) is -0.323. The molecule has 0 heterocycles. The van der Waals surface area contributed by atoms with Gasteiger partial charge in [0.2, 0.25) is 0 Å². The highest BCUT2D eigenvalue weighted by molar-refractivity contribution is 5.94. The van der Waals surface area contributed by atoms with Gasteiger partial charge < -0.3 is 15.2 Å². The zero-order valence-corrected chi connectivity index (χ0v) is 13.6. The molecule has 4 heteroatoms. The van der Waals surface area contributed by atoms with Gasteiger partial charge in [-0.15, -0.1) is 0 Å². The lowest BCUT2D eigenvalue weighted by molar-refractivity contribution is 0.0368. The van der Waals surface area contributed by atoms with Crippen molar-refractivity contribution in [2.45, 2.75) is 52.7 Å². The second kappa shape index (κ2) is 7.46. The van der Waals surface area contributed by atoms with Crippen molar-refractivity contribution in [2.75, 3.05) is 6.54 Å². The van der Waals surface area contributed by atoms with E-state index in [2.05, 4.69) is 5.32 Å². The molecule has 0 aliphatic carbocycles. The molecular formula is C17H27NO3. The fraction of sp³-hybridized carbons (Fsp3) is 0.588. The first-order valence-electron chi connectivity index (χ1n) is 7.47. The van der Waals surface area contributed by atoms with Crippen LogP contribution < -0.4 is 10.1 Å². The molecule has 1 unspecified atom stereocenters.